The zero-order chi connectivity index (χ0) is 10.9. The molecule has 1 aliphatic carbocycles. The summed E-state index contributed by atoms with van der Waals surface area (Å²) in [6.45, 7) is 3.10. The molecular weight excluding hydrogens is 228 g/mol. The minimum atomic E-state index is 0. The maximum atomic E-state index is 11.6. The van der Waals surface area contributed by atoms with Gasteiger partial charge in [-0.1, -0.05) is 12.8 Å². The second-order valence-electron chi connectivity index (χ2n) is 4.02. The fourth-order valence-electron chi connectivity index (χ4n) is 1.91. The van der Waals surface area contributed by atoms with Crippen molar-refractivity contribution < 1.29 is 9.53 Å². The van der Waals surface area contributed by atoms with Crippen LogP contribution < -0.4 is 10.6 Å². The molecule has 0 aliphatic heterocycles. The van der Waals surface area contributed by atoms with Crippen LogP contribution in [-0.2, 0) is 9.53 Å². The Morgan fingerprint density at radius 3 is 2.56 bits per heavy atom. The van der Waals surface area contributed by atoms with Crippen molar-refractivity contribution in [3.05, 3.63) is 0 Å². The van der Waals surface area contributed by atoms with E-state index in [1.54, 1.807) is 7.11 Å². The lowest BCUT2D eigenvalue weighted by Gasteiger charge is -2.10. The lowest BCUT2D eigenvalue weighted by molar-refractivity contribution is -0.124. The van der Waals surface area contributed by atoms with Crippen molar-refractivity contribution in [1.82, 2.24) is 10.6 Å². The highest BCUT2D eigenvalue weighted by Gasteiger charge is 2.21. The van der Waals surface area contributed by atoms with Gasteiger partial charge in [-0.3, -0.25) is 4.79 Å². The van der Waals surface area contributed by atoms with Gasteiger partial charge in [0.2, 0.25) is 5.91 Å². The third-order valence-corrected chi connectivity index (χ3v) is 2.81. The Bertz CT molecular complexity index is 185. The summed E-state index contributed by atoms with van der Waals surface area (Å²) < 4.78 is 4.90. The summed E-state index contributed by atoms with van der Waals surface area (Å²) in [5, 5.41) is 6.15. The largest absolute Gasteiger partial charge is 0.383 e. The molecule has 0 aromatic heterocycles. The summed E-state index contributed by atoms with van der Waals surface area (Å²) in [5.41, 5.74) is 0. The van der Waals surface area contributed by atoms with Crippen molar-refractivity contribution in [2.45, 2.75) is 25.7 Å². The molecule has 0 bridgehead atoms. The van der Waals surface area contributed by atoms with E-state index in [0.717, 1.165) is 39.1 Å². The third-order valence-electron chi connectivity index (χ3n) is 2.81. The van der Waals surface area contributed by atoms with Crippen molar-refractivity contribution in [1.29, 1.82) is 0 Å². The highest BCUT2D eigenvalue weighted by atomic mass is 35.5. The van der Waals surface area contributed by atoms with Crippen molar-refractivity contribution >= 4 is 18.3 Å². The van der Waals surface area contributed by atoms with E-state index in [1.165, 1.54) is 12.8 Å². The van der Waals surface area contributed by atoms with Crippen molar-refractivity contribution in [3.63, 3.8) is 0 Å². The van der Waals surface area contributed by atoms with Gasteiger partial charge < -0.3 is 15.4 Å². The van der Waals surface area contributed by atoms with Crippen LogP contribution in [0.5, 0.6) is 0 Å². The quantitative estimate of drug-likeness (QED) is 0.662. The van der Waals surface area contributed by atoms with Crippen LogP contribution in [0.1, 0.15) is 25.7 Å². The fourth-order valence-corrected chi connectivity index (χ4v) is 1.91. The topological polar surface area (TPSA) is 50.4 Å². The number of amides is 1. The van der Waals surface area contributed by atoms with E-state index in [9.17, 15) is 4.79 Å². The smallest absolute Gasteiger partial charge is 0.223 e. The number of carbonyl (C=O) groups excluding carboxylic acids is 1. The molecule has 4 nitrogen and oxygen atoms in total. The van der Waals surface area contributed by atoms with Gasteiger partial charge >= 0.3 is 0 Å². The van der Waals surface area contributed by atoms with Gasteiger partial charge in [0.25, 0.3) is 0 Å². The Morgan fingerprint density at radius 2 is 1.94 bits per heavy atom. The zero-order valence-electron chi connectivity index (χ0n) is 9.96. The molecular formula is C11H23ClN2O2. The van der Waals surface area contributed by atoms with Crippen molar-refractivity contribution in [2.75, 3.05) is 33.4 Å². The number of halogens is 1. The maximum absolute atomic E-state index is 11.6. The van der Waals surface area contributed by atoms with Gasteiger partial charge in [-0.15, -0.1) is 12.4 Å². The molecule has 0 unspecified atom stereocenters. The molecule has 1 aliphatic rings. The van der Waals surface area contributed by atoms with Crippen LogP contribution in [0.25, 0.3) is 0 Å². The molecule has 1 rings (SSSR count). The van der Waals surface area contributed by atoms with E-state index in [0.29, 0.717) is 0 Å². The molecule has 0 aromatic rings. The molecule has 5 heteroatoms. The predicted octanol–water partition coefficient (Wildman–Crippen LogP) is 0.951. The van der Waals surface area contributed by atoms with Crippen molar-refractivity contribution in [2.24, 2.45) is 5.92 Å². The van der Waals surface area contributed by atoms with Crippen LogP contribution >= 0.6 is 12.4 Å². The molecule has 1 fully saturated rings. The molecule has 1 saturated carbocycles. The molecule has 0 heterocycles. The molecule has 0 radical (unpaired) electrons. The molecule has 0 atom stereocenters. The summed E-state index contributed by atoms with van der Waals surface area (Å²) in [5.74, 6) is 0.519. The van der Waals surface area contributed by atoms with Gasteiger partial charge in [0.05, 0.1) is 6.61 Å². The number of ether oxygens (including phenoxy) is 1. The lowest BCUT2D eigenvalue weighted by Crippen LogP contribution is -2.35. The van der Waals surface area contributed by atoms with E-state index >= 15 is 0 Å². The minimum absolute atomic E-state index is 0. The molecule has 96 valence electrons. The number of rotatable bonds is 7. The first-order valence-electron chi connectivity index (χ1n) is 5.82. The minimum Gasteiger partial charge on any atom is -0.383 e. The van der Waals surface area contributed by atoms with Gasteiger partial charge in [-0.25, -0.2) is 0 Å². The normalized spacial score (nSPS) is 15.8. The average molecular weight is 251 g/mol. The summed E-state index contributed by atoms with van der Waals surface area (Å²) >= 11 is 0. The number of nitrogens with one attached hydrogen (secondary N) is 2. The van der Waals surface area contributed by atoms with Crippen LogP contribution in [-0.4, -0.2) is 39.3 Å². The molecule has 0 saturated heterocycles. The van der Waals surface area contributed by atoms with E-state index in [1.807, 2.05) is 0 Å². The average Bonchev–Trinajstić information content (AvgIpc) is 2.76. The predicted molar refractivity (Wildman–Crippen MR) is 67.0 cm³/mol. The Labute approximate surface area is 104 Å². The van der Waals surface area contributed by atoms with E-state index in [2.05, 4.69) is 10.6 Å². The third kappa shape index (κ3) is 6.30. The SMILES string of the molecule is COCCNCCNC(=O)C1CCCC1.Cl. The van der Waals surface area contributed by atoms with E-state index in [-0.39, 0.29) is 24.2 Å². The molecule has 2 N–H and O–H groups in total. The van der Waals surface area contributed by atoms with Crippen molar-refractivity contribution in [3.8, 4) is 0 Å². The van der Waals surface area contributed by atoms with Gasteiger partial charge in [-0.2, -0.15) is 0 Å². The summed E-state index contributed by atoms with van der Waals surface area (Å²) in [6.07, 6.45) is 4.57. The Kier molecular flexibility index (Phi) is 9.68. The van der Waals surface area contributed by atoms with Crippen LogP contribution in [0.15, 0.2) is 0 Å². The van der Waals surface area contributed by atoms with Crippen LogP contribution in [0.3, 0.4) is 0 Å². The number of carbonyl (C=O) groups is 1. The monoisotopic (exact) mass is 250 g/mol. The van der Waals surface area contributed by atoms with Gasteiger partial charge in [0.1, 0.15) is 0 Å². The Balaban J connectivity index is 0.00000225. The number of hydrogen-bond acceptors (Lipinski definition) is 3. The second-order valence-corrected chi connectivity index (χ2v) is 4.02. The standard InChI is InChI=1S/C11H22N2O2.ClH/c1-15-9-8-12-6-7-13-11(14)10-4-2-3-5-10;/h10,12H,2-9H2,1H3,(H,13,14);1H. The highest BCUT2D eigenvalue weighted by molar-refractivity contribution is 5.85. The summed E-state index contributed by atoms with van der Waals surface area (Å²) in [4.78, 5) is 11.6. The van der Waals surface area contributed by atoms with Gasteiger partial charge in [-0.05, 0) is 12.8 Å². The maximum Gasteiger partial charge on any atom is 0.223 e. The first-order chi connectivity index (χ1) is 7.34. The Morgan fingerprint density at radius 1 is 1.25 bits per heavy atom. The second kappa shape index (κ2) is 9.87. The van der Waals surface area contributed by atoms with E-state index in [4.69, 9.17) is 4.74 Å². The fraction of sp³-hybridized carbons (Fsp3) is 0.909. The molecule has 16 heavy (non-hydrogen) atoms. The number of methoxy groups -OCH3 is 1. The number of hydrogen-bond donors (Lipinski definition) is 2. The Hall–Kier alpha value is -0.320. The highest BCUT2D eigenvalue weighted by Crippen LogP contribution is 2.24. The molecule has 0 aromatic carbocycles. The lowest BCUT2D eigenvalue weighted by atomic mass is 10.1. The first-order valence-corrected chi connectivity index (χ1v) is 5.82. The van der Waals surface area contributed by atoms with Gasteiger partial charge in [0, 0.05) is 32.7 Å². The van der Waals surface area contributed by atoms with Crippen LogP contribution in [0.2, 0.25) is 0 Å². The molecule has 1 amide bonds. The first kappa shape index (κ1) is 15.7. The van der Waals surface area contributed by atoms with Crippen LogP contribution in [0, 0.1) is 5.92 Å². The van der Waals surface area contributed by atoms with Gasteiger partial charge in [0.15, 0.2) is 0 Å². The van der Waals surface area contributed by atoms with E-state index < -0.39 is 0 Å². The van der Waals surface area contributed by atoms with Crippen LogP contribution in [0.4, 0.5) is 0 Å². The summed E-state index contributed by atoms with van der Waals surface area (Å²) in [6, 6.07) is 0. The molecule has 0 spiro atoms. The summed E-state index contributed by atoms with van der Waals surface area (Å²) in [7, 11) is 1.68. The zero-order valence-corrected chi connectivity index (χ0v) is 10.8.